The third-order valence-corrected chi connectivity index (χ3v) is 1.43. The Kier molecular flexibility index (Phi) is 36.8. The van der Waals surface area contributed by atoms with Gasteiger partial charge < -0.3 is 0 Å². The molecule has 0 heterocycles. The zero-order valence-corrected chi connectivity index (χ0v) is 11.3. The van der Waals surface area contributed by atoms with Crippen molar-refractivity contribution in [3.05, 3.63) is 35.4 Å². The monoisotopic (exact) mass is 212 g/mol. The van der Waals surface area contributed by atoms with Crippen molar-refractivity contribution in [3.63, 3.8) is 0 Å². The molecule has 1 aromatic rings. The molecule has 0 aliphatic rings. The molecule has 0 aliphatic carbocycles. The molecular formula is C15H32. The van der Waals surface area contributed by atoms with Gasteiger partial charge in [0.05, 0.1) is 0 Å². The Hall–Kier alpha value is -0.780. The average molecular weight is 212 g/mol. The molecule has 0 aliphatic heterocycles. The largest absolute Gasteiger partial charge is 0.0776 e. The zero-order chi connectivity index (χ0) is 12.0. The van der Waals surface area contributed by atoms with E-state index in [-0.39, 0.29) is 7.43 Å². The van der Waals surface area contributed by atoms with Gasteiger partial charge in [-0.15, -0.1) is 0 Å². The van der Waals surface area contributed by atoms with Crippen LogP contribution in [0.4, 0.5) is 0 Å². The molecule has 0 saturated heterocycles. The highest BCUT2D eigenvalue weighted by atomic mass is 13.9. The molecule has 0 nitrogen and oxygen atoms in total. The van der Waals surface area contributed by atoms with Gasteiger partial charge >= 0.3 is 0 Å². The van der Waals surface area contributed by atoms with E-state index in [1.54, 1.807) is 0 Å². The van der Waals surface area contributed by atoms with Gasteiger partial charge in [0.1, 0.15) is 0 Å². The molecule has 0 radical (unpaired) electrons. The molecule has 1 aromatic carbocycles. The van der Waals surface area contributed by atoms with Crippen LogP contribution in [0.25, 0.3) is 0 Å². The van der Waals surface area contributed by atoms with E-state index in [1.807, 2.05) is 41.5 Å². The summed E-state index contributed by atoms with van der Waals surface area (Å²) in [7, 11) is 0. The number of benzene rings is 1. The lowest BCUT2D eigenvalue weighted by Gasteiger charge is -1.93. The molecule has 0 amide bonds. The van der Waals surface area contributed by atoms with Crippen molar-refractivity contribution in [2.24, 2.45) is 0 Å². The Bertz CT molecular complexity index is 156. The minimum absolute atomic E-state index is 0. The molecule has 1 rings (SSSR count). The second-order valence-electron chi connectivity index (χ2n) is 2.08. The van der Waals surface area contributed by atoms with Gasteiger partial charge in [-0.1, -0.05) is 73.2 Å². The van der Waals surface area contributed by atoms with Crippen LogP contribution in [0.3, 0.4) is 0 Å². The summed E-state index contributed by atoms with van der Waals surface area (Å²) in [6.45, 7) is 16.2. The first-order valence-electron chi connectivity index (χ1n) is 5.83. The third-order valence-electron chi connectivity index (χ3n) is 1.43. The predicted octanol–water partition coefficient (Wildman–Crippen LogP) is 6.02. The van der Waals surface area contributed by atoms with Crippen LogP contribution in [0.5, 0.6) is 0 Å². The lowest BCUT2D eigenvalue weighted by Crippen LogP contribution is -1.74. The second-order valence-corrected chi connectivity index (χ2v) is 2.08. The second kappa shape index (κ2) is 23.2. The summed E-state index contributed by atoms with van der Waals surface area (Å²) in [5.41, 5.74) is 2.74. The molecule has 0 fully saturated rings. The standard InChI is InChI=1S/C8H10.3C2H6.CH4/c1-7-5-3-4-6-8(7)2;3*1-2;/h3-6H,1-2H3;3*1-2H3;1H4. The fraction of sp³-hybridized carbons (Fsp3) is 0.600. The van der Waals surface area contributed by atoms with E-state index in [2.05, 4.69) is 38.1 Å². The van der Waals surface area contributed by atoms with Crippen LogP contribution in [0.1, 0.15) is 60.1 Å². The number of rotatable bonds is 0. The molecule has 0 saturated carbocycles. The van der Waals surface area contributed by atoms with Crippen molar-refractivity contribution < 1.29 is 0 Å². The molecule has 0 aromatic heterocycles. The van der Waals surface area contributed by atoms with Gasteiger partial charge in [0.15, 0.2) is 0 Å². The Balaban J connectivity index is -0.0000000755. The van der Waals surface area contributed by atoms with Crippen LogP contribution < -0.4 is 0 Å². The highest BCUT2D eigenvalue weighted by Gasteiger charge is 1.83. The quantitative estimate of drug-likeness (QED) is 0.493. The zero-order valence-electron chi connectivity index (χ0n) is 11.3. The molecule has 0 atom stereocenters. The summed E-state index contributed by atoms with van der Waals surface area (Å²) >= 11 is 0. The van der Waals surface area contributed by atoms with E-state index in [4.69, 9.17) is 0 Å². The van der Waals surface area contributed by atoms with E-state index in [9.17, 15) is 0 Å². The SMILES string of the molecule is C.CC.CC.CC.Cc1ccccc1C. The van der Waals surface area contributed by atoms with Crippen LogP contribution >= 0.6 is 0 Å². The van der Waals surface area contributed by atoms with Gasteiger partial charge in [-0.3, -0.25) is 0 Å². The summed E-state index contributed by atoms with van der Waals surface area (Å²) < 4.78 is 0. The summed E-state index contributed by atoms with van der Waals surface area (Å²) in [5, 5.41) is 0. The molecule has 0 bridgehead atoms. The smallest absolute Gasteiger partial charge is 0.0395 e. The van der Waals surface area contributed by atoms with E-state index in [0.29, 0.717) is 0 Å². The fourth-order valence-electron chi connectivity index (χ4n) is 0.663. The molecular weight excluding hydrogens is 180 g/mol. The van der Waals surface area contributed by atoms with E-state index in [1.165, 1.54) is 11.1 Å². The summed E-state index contributed by atoms with van der Waals surface area (Å²) in [6, 6.07) is 8.36. The first kappa shape index (κ1) is 23.8. The Morgan fingerprint density at radius 2 is 0.800 bits per heavy atom. The van der Waals surface area contributed by atoms with Crippen molar-refractivity contribution in [2.45, 2.75) is 62.8 Å². The first-order chi connectivity index (χ1) is 6.80. The Morgan fingerprint density at radius 1 is 0.600 bits per heavy atom. The predicted molar refractivity (Wildman–Crippen MR) is 76.7 cm³/mol. The fourth-order valence-corrected chi connectivity index (χ4v) is 0.663. The summed E-state index contributed by atoms with van der Waals surface area (Å²) in [6.07, 6.45) is 0. The minimum atomic E-state index is 0. The van der Waals surface area contributed by atoms with Gasteiger partial charge in [-0.25, -0.2) is 0 Å². The topological polar surface area (TPSA) is 0 Å². The van der Waals surface area contributed by atoms with Crippen molar-refractivity contribution in [1.29, 1.82) is 0 Å². The van der Waals surface area contributed by atoms with Crippen LogP contribution in [-0.2, 0) is 0 Å². The Morgan fingerprint density at radius 3 is 0.933 bits per heavy atom. The number of aryl methyl sites for hydroxylation is 2. The highest BCUT2D eigenvalue weighted by molar-refractivity contribution is 5.23. The lowest BCUT2D eigenvalue weighted by molar-refractivity contribution is 1.34. The van der Waals surface area contributed by atoms with Gasteiger partial charge in [-0.2, -0.15) is 0 Å². The van der Waals surface area contributed by atoms with Gasteiger partial charge in [-0.05, 0) is 25.0 Å². The summed E-state index contributed by atoms with van der Waals surface area (Å²) in [5.74, 6) is 0. The van der Waals surface area contributed by atoms with E-state index in [0.717, 1.165) is 0 Å². The van der Waals surface area contributed by atoms with Gasteiger partial charge in [0, 0.05) is 0 Å². The van der Waals surface area contributed by atoms with Crippen molar-refractivity contribution in [2.75, 3.05) is 0 Å². The molecule has 0 heteroatoms. The number of hydrogen-bond donors (Lipinski definition) is 0. The Labute approximate surface area is 98.7 Å². The average Bonchev–Trinajstić information content (AvgIpc) is 2.31. The molecule has 0 spiro atoms. The molecule has 15 heavy (non-hydrogen) atoms. The highest BCUT2D eigenvalue weighted by Crippen LogP contribution is 2.02. The first-order valence-corrected chi connectivity index (χ1v) is 5.83. The van der Waals surface area contributed by atoms with Crippen LogP contribution in [0.2, 0.25) is 0 Å². The minimum Gasteiger partial charge on any atom is -0.0776 e. The van der Waals surface area contributed by atoms with Crippen molar-refractivity contribution in [3.8, 4) is 0 Å². The molecule has 0 N–H and O–H groups in total. The maximum absolute atomic E-state index is 2.12. The molecule has 92 valence electrons. The van der Waals surface area contributed by atoms with Crippen molar-refractivity contribution >= 4 is 0 Å². The maximum Gasteiger partial charge on any atom is -0.0395 e. The van der Waals surface area contributed by atoms with E-state index < -0.39 is 0 Å². The van der Waals surface area contributed by atoms with Crippen molar-refractivity contribution in [1.82, 2.24) is 0 Å². The third kappa shape index (κ3) is 15.9. The number of hydrogen-bond acceptors (Lipinski definition) is 0. The van der Waals surface area contributed by atoms with Crippen LogP contribution in [0, 0.1) is 13.8 Å². The normalized spacial score (nSPS) is 6.13. The van der Waals surface area contributed by atoms with E-state index >= 15 is 0 Å². The van der Waals surface area contributed by atoms with Gasteiger partial charge in [0.25, 0.3) is 0 Å². The summed E-state index contributed by atoms with van der Waals surface area (Å²) in [4.78, 5) is 0. The van der Waals surface area contributed by atoms with Gasteiger partial charge in [0.2, 0.25) is 0 Å². The van der Waals surface area contributed by atoms with Crippen LogP contribution in [0.15, 0.2) is 24.3 Å². The molecule has 0 unspecified atom stereocenters. The maximum atomic E-state index is 2.12. The van der Waals surface area contributed by atoms with Crippen LogP contribution in [-0.4, -0.2) is 0 Å². The lowest BCUT2D eigenvalue weighted by atomic mass is 10.1.